The molecule has 14 heavy (non-hydrogen) atoms. The van der Waals surface area contributed by atoms with E-state index in [1.807, 2.05) is 6.92 Å². The Hall–Kier alpha value is -0.890. The van der Waals surface area contributed by atoms with Gasteiger partial charge in [0.25, 0.3) is 0 Å². The second kappa shape index (κ2) is 6.55. The Morgan fingerprint density at radius 1 is 1.36 bits per heavy atom. The van der Waals surface area contributed by atoms with E-state index in [1.54, 1.807) is 0 Å². The van der Waals surface area contributed by atoms with Crippen molar-refractivity contribution in [3.05, 3.63) is 0 Å². The van der Waals surface area contributed by atoms with E-state index in [0.29, 0.717) is 12.8 Å². The van der Waals surface area contributed by atoms with E-state index < -0.39 is 12.1 Å². The molecule has 0 fully saturated rings. The van der Waals surface area contributed by atoms with Crippen LogP contribution in [0, 0.1) is 0 Å². The van der Waals surface area contributed by atoms with E-state index in [-0.39, 0.29) is 0 Å². The van der Waals surface area contributed by atoms with Crippen LogP contribution in [0.25, 0.3) is 0 Å². The standard InChI is InChI=1S/C7H14O7/c1-4-5-7(10-2,11-3)13-14-12-6(8)9/h4-5H2,1-3H3,(H,8,9). The van der Waals surface area contributed by atoms with Crippen LogP contribution in [0.3, 0.4) is 0 Å². The third-order valence-electron chi connectivity index (χ3n) is 1.44. The van der Waals surface area contributed by atoms with E-state index in [2.05, 4.69) is 14.8 Å². The van der Waals surface area contributed by atoms with Crippen LogP contribution in [0.4, 0.5) is 4.79 Å². The summed E-state index contributed by atoms with van der Waals surface area (Å²) >= 11 is 0. The SMILES string of the molecule is CCCC(OC)(OC)OOOC(=O)O. The fourth-order valence-corrected chi connectivity index (χ4v) is 0.801. The quantitative estimate of drug-likeness (QED) is 0.385. The molecule has 0 aromatic rings. The number of hydrogen-bond donors (Lipinski definition) is 1. The molecule has 7 nitrogen and oxygen atoms in total. The van der Waals surface area contributed by atoms with Gasteiger partial charge in [-0.1, -0.05) is 6.92 Å². The first-order valence-corrected chi connectivity index (χ1v) is 3.95. The van der Waals surface area contributed by atoms with E-state index in [0.717, 1.165) is 0 Å². The summed E-state index contributed by atoms with van der Waals surface area (Å²) in [6.07, 6.45) is -0.566. The molecule has 0 saturated carbocycles. The summed E-state index contributed by atoms with van der Waals surface area (Å²) in [5.74, 6) is -1.44. The van der Waals surface area contributed by atoms with Crippen LogP contribution < -0.4 is 0 Å². The van der Waals surface area contributed by atoms with Gasteiger partial charge in [0, 0.05) is 20.6 Å². The third kappa shape index (κ3) is 4.38. The Morgan fingerprint density at radius 2 is 1.93 bits per heavy atom. The lowest BCUT2D eigenvalue weighted by molar-refractivity contribution is -0.591. The van der Waals surface area contributed by atoms with Crippen LogP contribution in [0.15, 0.2) is 0 Å². The van der Waals surface area contributed by atoms with Crippen molar-refractivity contribution in [2.75, 3.05) is 14.2 Å². The highest BCUT2D eigenvalue weighted by molar-refractivity contribution is 5.55. The normalized spacial score (nSPS) is 11.4. The Labute approximate surface area is 81.3 Å². The molecule has 0 rings (SSSR count). The number of ether oxygens (including phenoxy) is 2. The predicted octanol–water partition coefficient (Wildman–Crippen LogP) is 1.29. The second-order valence-electron chi connectivity index (χ2n) is 2.34. The van der Waals surface area contributed by atoms with E-state index in [9.17, 15) is 4.79 Å². The molecule has 0 radical (unpaired) electrons. The topological polar surface area (TPSA) is 83.5 Å². The second-order valence-corrected chi connectivity index (χ2v) is 2.34. The first kappa shape index (κ1) is 13.1. The molecule has 0 unspecified atom stereocenters. The van der Waals surface area contributed by atoms with Crippen LogP contribution in [0.5, 0.6) is 0 Å². The molecule has 1 N–H and O–H groups in total. The van der Waals surface area contributed by atoms with Gasteiger partial charge in [-0.3, -0.25) is 0 Å². The first-order chi connectivity index (χ1) is 6.60. The monoisotopic (exact) mass is 210 g/mol. The summed E-state index contributed by atoms with van der Waals surface area (Å²) in [4.78, 5) is 18.1. The minimum absolute atomic E-state index is 0.364. The third-order valence-corrected chi connectivity index (χ3v) is 1.44. The van der Waals surface area contributed by atoms with Gasteiger partial charge >= 0.3 is 12.1 Å². The Kier molecular flexibility index (Phi) is 6.13. The van der Waals surface area contributed by atoms with Gasteiger partial charge in [-0.05, 0) is 11.5 Å². The van der Waals surface area contributed by atoms with Crippen molar-refractivity contribution >= 4 is 6.16 Å². The predicted molar refractivity (Wildman–Crippen MR) is 42.9 cm³/mol. The highest BCUT2D eigenvalue weighted by Gasteiger charge is 2.32. The molecule has 0 saturated heterocycles. The Balaban J connectivity index is 4.00. The van der Waals surface area contributed by atoms with Crippen molar-refractivity contribution < 1.29 is 34.2 Å². The lowest BCUT2D eigenvalue weighted by atomic mass is 10.3. The molecular formula is C7H14O7. The van der Waals surface area contributed by atoms with Gasteiger partial charge in [0.1, 0.15) is 0 Å². The number of carboxylic acid groups (broad SMARTS) is 1. The zero-order chi connectivity index (χ0) is 11.0. The maximum atomic E-state index is 9.91. The van der Waals surface area contributed by atoms with Gasteiger partial charge in [0.05, 0.1) is 0 Å². The van der Waals surface area contributed by atoms with Crippen LogP contribution in [0.1, 0.15) is 19.8 Å². The van der Waals surface area contributed by atoms with Crippen molar-refractivity contribution in [1.29, 1.82) is 0 Å². The van der Waals surface area contributed by atoms with Gasteiger partial charge in [0.2, 0.25) is 0 Å². The summed E-state index contributed by atoms with van der Waals surface area (Å²) in [6, 6.07) is 0. The summed E-state index contributed by atoms with van der Waals surface area (Å²) in [5, 5.41) is 12.0. The molecule has 84 valence electrons. The Morgan fingerprint density at radius 3 is 2.29 bits per heavy atom. The molecule has 0 amide bonds. The van der Waals surface area contributed by atoms with Crippen molar-refractivity contribution in [2.24, 2.45) is 0 Å². The summed E-state index contributed by atoms with van der Waals surface area (Å²) in [5.41, 5.74) is 0. The van der Waals surface area contributed by atoms with Crippen molar-refractivity contribution in [1.82, 2.24) is 0 Å². The maximum Gasteiger partial charge on any atom is 0.540 e. The van der Waals surface area contributed by atoms with Gasteiger partial charge in [-0.25, -0.2) is 9.68 Å². The molecule has 0 bridgehead atoms. The zero-order valence-corrected chi connectivity index (χ0v) is 8.31. The van der Waals surface area contributed by atoms with E-state index >= 15 is 0 Å². The smallest absolute Gasteiger partial charge is 0.448 e. The lowest BCUT2D eigenvalue weighted by Crippen LogP contribution is -2.37. The molecule has 0 atom stereocenters. The molecular weight excluding hydrogens is 196 g/mol. The lowest BCUT2D eigenvalue weighted by Gasteiger charge is -2.26. The summed E-state index contributed by atoms with van der Waals surface area (Å²) < 4.78 is 9.73. The average Bonchev–Trinajstić information content (AvgIpc) is 2.16. The molecule has 0 aromatic carbocycles. The fraction of sp³-hybridized carbons (Fsp3) is 0.857. The minimum atomic E-state index is -1.62. The number of rotatable bonds is 7. The average molecular weight is 210 g/mol. The molecule has 0 spiro atoms. The van der Waals surface area contributed by atoms with E-state index in [1.165, 1.54) is 14.2 Å². The molecule has 0 aliphatic carbocycles. The zero-order valence-electron chi connectivity index (χ0n) is 8.31. The van der Waals surface area contributed by atoms with E-state index in [4.69, 9.17) is 14.6 Å². The fourth-order valence-electron chi connectivity index (χ4n) is 0.801. The van der Waals surface area contributed by atoms with Crippen molar-refractivity contribution in [3.63, 3.8) is 0 Å². The molecule has 7 heteroatoms. The molecule has 0 aliphatic rings. The summed E-state index contributed by atoms with van der Waals surface area (Å²) in [6.45, 7) is 1.87. The highest BCUT2D eigenvalue weighted by Crippen LogP contribution is 2.20. The van der Waals surface area contributed by atoms with Gasteiger partial charge < -0.3 is 14.6 Å². The molecule has 0 aliphatic heterocycles. The van der Waals surface area contributed by atoms with Crippen molar-refractivity contribution in [3.8, 4) is 0 Å². The number of hydrogen-bond acceptors (Lipinski definition) is 6. The number of carbonyl (C=O) groups is 1. The summed E-state index contributed by atoms with van der Waals surface area (Å²) in [7, 11) is 2.67. The first-order valence-electron chi connectivity index (χ1n) is 3.95. The van der Waals surface area contributed by atoms with Crippen LogP contribution in [-0.2, 0) is 24.3 Å². The van der Waals surface area contributed by atoms with Gasteiger partial charge in [-0.2, -0.15) is 0 Å². The minimum Gasteiger partial charge on any atom is -0.448 e. The Bertz CT molecular complexity index is 165. The van der Waals surface area contributed by atoms with Gasteiger partial charge in [0.15, 0.2) is 0 Å². The number of methoxy groups -OCH3 is 2. The van der Waals surface area contributed by atoms with Crippen molar-refractivity contribution in [2.45, 2.75) is 25.7 Å². The van der Waals surface area contributed by atoms with Gasteiger partial charge in [-0.15, -0.1) is 4.89 Å². The van der Waals surface area contributed by atoms with Crippen LogP contribution in [-0.4, -0.2) is 31.5 Å². The van der Waals surface area contributed by atoms with Crippen LogP contribution >= 0.6 is 0 Å². The van der Waals surface area contributed by atoms with Crippen LogP contribution in [0.2, 0.25) is 0 Å². The maximum absolute atomic E-state index is 9.91. The highest BCUT2D eigenvalue weighted by atomic mass is 17.5. The molecule has 0 heterocycles. The largest absolute Gasteiger partial charge is 0.540 e. The molecule has 0 aromatic heterocycles.